The maximum atomic E-state index is 12.6. The van der Waals surface area contributed by atoms with Crippen LogP contribution in [0.3, 0.4) is 0 Å². The van der Waals surface area contributed by atoms with Crippen LogP contribution in [0.25, 0.3) is 0 Å². The molecule has 0 spiro atoms. The van der Waals surface area contributed by atoms with Gasteiger partial charge >= 0.3 is 0 Å². The summed E-state index contributed by atoms with van der Waals surface area (Å²) in [4.78, 5) is -0.0655. The van der Waals surface area contributed by atoms with E-state index in [2.05, 4.69) is 0 Å². The van der Waals surface area contributed by atoms with Gasteiger partial charge in [-0.05, 0) is 42.5 Å². The van der Waals surface area contributed by atoms with E-state index in [1.54, 1.807) is 36.4 Å². The minimum absolute atomic E-state index is 0.0624. The normalized spacial score (nSPS) is 11.1. The lowest BCUT2D eigenvalue weighted by atomic mass is 10.3. The number of benzene rings is 3. The monoisotopic (exact) mass is 326 g/mol. The predicted molar refractivity (Wildman–Crippen MR) is 86.5 cm³/mol. The number of hydrogen-bond acceptors (Lipinski definition) is 4. The van der Waals surface area contributed by atoms with Gasteiger partial charge in [0.2, 0.25) is 9.84 Å². The first kappa shape index (κ1) is 15.1. The largest absolute Gasteiger partial charge is 0.507 e. The molecule has 0 heterocycles. The van der Waals surface area contributed by atoms with Gasteiger partial charge in [0.1, 0.15) is 22.1 Å². The van der Waals surface area contributed by atoms with Crippen molar-refractivity contribution in [3.63, 3.8) is 0 Å². The Bertz CT molecular complexity index is 919. The Morgan fingerprint density at radius 3 is 2.13 bits per heavy atom. The van der Waals surface area contributed by atoms with Crippen LogP contribution >= 0.6 is 0 Å². The Morgan fingerprint density at radius 2 is 1.39 bits per heavy atom. The zero-order chi connectivity index (χ0) is 16.3. The molecule has 5 heteroatoms. The Morgan fingerprint density at radius 1 is 0.739 bits per heavy atom. The van der Waals surface area contributed by atoms with Crippen LogP contribution in [0.2, 0.25) is 0 Å². The lowest BCUT2D eigenvalue weighted by molar-refractivity contribution is 0.458. The molecular formula is C18H14O4S. The van der Waals surface area contributed by atoms with E-state index >= 15 is 0 Å². The second kappa shape index (κ2) is 6.14. The van der Waals surface area contributed by atoms with Gasteiger partial charge in [-0.1, -0.05) is 36.4 Å². The number of ether oxygens (including phenoxy) is 1. The highest BCUT2D eigenvalue weighted by Gasteiger charge is 2.21. The second-order valence-electron chi connectivity index (χ2n) is 4.86. The summed E-state index contributed by atoms with van der Waals surface area (Å²) >= 11 is 0. The van der Waals surface area contributed by atoms with Gasteiger partial charge in [-0.3, -0.25) is 0 Å². The number of phenols is 1. The van der Waals surface area contributed by atoms with E-state index in [-0.39, 0.29) is 15.5 Å². The van der Waals surface area contributed by atoms with Crippen molar-refractivity contribution in [3.8, 4) is 17.2 Å². The molecule has 0 aliphatic heterocycles. The molecule has 0 aromatic heterocycles. The smallest absolute Gasteiger partial charge is 0.210 e. The van der Waals surface area contributed by atoms with E-state index in [9.17, 15) is 13.5 Å². The summed E-state index contributed by atoms with van der Waals surface area (Å²) in [6.45, 7) is 0. The molecule has 0 radical (unpaired) electrons. The van der Waals surface area contributed by atoms with Gasteiger partial charge in [-0.15, -0.1) is 0 Å². The summed E-state index contributed by atoms with van der Waals surface area (Å²) < 4.78 is 30.9. The fourth-order valence-corrected chi connectivity index (χ4v) is 3.52. The van der Waals surface area contributed by atoms with Crippen LogP contribution in [-0.4, -0.2) is 13.5 Å². The van der Waals surface area contributed by atoms with E-state index < -0.39 is 9.84 Å². The number of phenolic OH excluding ortho intramolecular Hbond substituents is 1. The van der Waals surface area contributed by atoms with Gasteiger partial charge in [0, 0.05) is 0 Å². The van der Waals surface area contributed by atoms with E-state index in [1.165, 1.54) is 24.3 Å². The van der Waals surface area contributed by atoms with Crippen LogP contribution in [0.1, 0.15) is 0 Å². The highest BCUT2D eigenvalue weighted by Crippen LogP contribution is 2.31. The average Bonchev–Trinajstić information content (AvgIpc) is 2.56. The minimum atomic E-state index is -3.81. The summed E-state index contributed by atoms with van der Waals surface area (Å²) in [6, 6.07) is 21.1. The molecule has 3 rings (SSSR count). The topological polar surface area (TPSA) is 63.6 Å². The van der Waals surface area contributed by atoms with Crippen molar-refractivity contribution >= 4 is 9.84 Å². The maximum Gasteiger partial charge on any atom is 0.210 e. The molecule has 0 atom stereocenters. The molecule has 1 N–H and O–H groups in total. The first-order valence-electron chi connectivity index (χ1n) is 6.93. The van der Waals surface area contributed by atoms with Crippen molar-refractivity contribution in [1.29, 1.82) is 0 Å². The van der Waals surface area contributed by atoms with E-state index in [0.717, 1.165) is 0 Å². The summed E-state index contributed by atoms with van der Waals surface area (Å²) in [5, 5.41) is 9.80. The quantitative estimate of drug-likeness (QED) is 0.786. The lowest BCUT2D eigenvalue weighted by Gasteiger charge is -2.09. The highest BCUT2D eigenvalue weighted by molar-refractivity contribution is 7.91. The van der Waals surface area contributed by atoms with Crippen LogP contribution in [0.5, 0.6) is 17.2 Å². The second-order valence-corrected chi connectivity index (χ2v) is 6.78. The van der Waals surface area contributed by atoms with Crippen molar-refractivity contribution in [3.05, 3.63) is 78.9 Å². The fraction of sp³-hybridized carbons (Fsp3) is 0. The van der Waals surface area contributed by atoms with Crippen LogP contribution in [0.15, 0.2) is 88.7 Å². The molecule has 116 valence electrons. The molecule has 0 aliphatic rings. The van der Waals surface area contributed by atoms with Crippen molar-refractivity contribution in [2.45, 2.75) is 9.79 Å². The van der Waals surface area contributed by atoms with Gasteiger partial charge < -0.3 is 9.84 Å². The predicted octanol–water partition coefficient (Wildman–Crippen LogP) is 4.02. The number of rotatable bonds is 4. The number of hydrogen-bond donors (Lipinski definition) is 1. The third-order valence-corrected chi connectivity index (χ3v) is 5.05. The molecule has 0 unspecified atom stereocenters. The summed E-state index contributed by atoms with van der Waals surface area (Å²) in [5.74, 6) is 0.749. The molecule has 0 saturated heterocycles. The lowest BCUT2D eigenvalue weighted by Crippen LogP contribution is -2.02. The first-order chi connectivity index (χ1) is 11.1. The number of sulfone groups is 1. The molecule has 0 amide bonds. The molecule has 0 fully saturated rings. The zero-order valence-corrected chi connectivity index (χ0v) is 12.9. The van der Waals surface area contributed by atoms with Crippen LogP contribution in [0, 0.1) is 0 Å². The van der Waals surface area contributed by atoms with Gasteiger partial charge in [0.25, 0.3) is 0 Å². The molecule has 0 aliphatic carbocycles. The van der Waals surface area contributed by atoms with Crippen molar-refractivity contribution in [2.24, 2.45) is 0 Å². The molecular weight excluding hydrogens is 312 g/mol. The van der Waals surface area contributed by atoms with E-state index in [0.29, 0.717) is 11.5 Å². The van der Waals surface area contributed by atoms with Crippen molar-refractivity contribution < 1.29 is 18.3 Å². The Kier molecular flexibility index (Phi) is 4.04. The Balaban J connectivity index is 1.98. The minimum Gasteiger partial charge on any atom is -0.507 e. The molecule has 3 aromatic carbocycles. The SMILES string of the molecule is O=S(=O)(c1cccc(Oc2ccccc2)c1)c1ccccc1O. The zero-order valence-electron chi connectivity index (χ0n) is 12.1. The first-order valence-corrected chi connectivity index (χ1v) is 8.42. The molecule has 23 heavy (non-hydrogen) atoms. The molecule has 4 nitrogen and oxygen atoms in total. The molecule has 0 saturated carbocycles. The summed E-state index contributed by atoms with van der Waals surface area (Å²) in [6.07, 6.45) is 0. The van der Waals surface area contributed by atoms with Crippen LogP contribution in [-0.2, 0) is 9.84 Å². The summed E-state index contributed by atoms with van der Waals surface area (Å²) in [5.41, 5.74) is 0. The van der Waals surface area contributed by atoms with Crippen LogP contribution in [0.4, 0.5) is 0 Å². The third-order valence-electron chi connectivity index (χ3n) is 3.25. The molecule has 3 aromatic rings. The number of para-hydroxylation sites is 2. The summed E-state index contributed by atoms with van der Waals surface area (Å²) in [7, 11) is -3.81. The third kappa shape index (κ3) is 3.19. The van der Waals surface area contributed by atoms with Crippen LogP contribution < -0.4 is 4.74 Å². The Hall–Kier alpha value is -2.79. The van der Waals surface area contributed by atoms with E-state index in [1.807, 2.05) is 18.2 Å². The van der Waals surface area contributed by atoms with E-state index in [4.69, 9.17) is 4.74 Å². The van der Waals surface area contributed by atoms with Gasteiger partial charge in [-0.25, -0.2) is 8.42 Å². The Labute approximate surface area is 134 Å². The van der Waals surface area contributed by atoms with Gasteiger partial charge in [-0.2, -0.15) is 0 Å². The molecule has 0 bridgehead atoms. The van der Waals surface area contributed by atoms with Crippen molar-refractivity contribution in [2.75, 3.05) is 0 Å². The van der Waals surface area contributed by atoms with Gasteiger partial charge in [0.15, 0.2) is 0 Å². The average molecular weight is 326 g/mol. The maximum absolute atomic E-state index is 12.6. The highest BCUT2D eigenvalue weighted by atomic mass is 32.2. The standard InChI is InChI=1S/C18H14O4S/c19-17-11-4-5-12-18(17)23(20,21)16-10-6-9-15(13-16)22-14-7-2-1-3-8-14/h1-13,19H. The van der Waals surface area contributed by atoms with Gasteiger partial charge in [0.05, 0.1) is 4.90 Å². The number of aromatic hydroxyl groups is 1. The fourth-order valence-electron chi connectivity index (χ4n) is 2.14. The van der Waals surface area contributed by atoms with Crippen molar-refractivity contribution in [1.82, 2.24) is 0 Å².